The number of piperidine rings is 1. The second-order valence-corrected chi connectivity index (χ2v) is 10.9. The first-order valence-electron chi connectivity index (χ1n) is 10.8. The first kappa shape index (κ1) is 22.8. The maximum atomic E-state index is 14.4. The molecule has 0 N–H and O–H groups in total. The van der Waals surface area contributed by atoms with E-state index >= 15 is 0 Å². The van der Waals surface area contributed by atoms with Crippen molar-refractivity contribution in [2.24, 2.45) is 4.99 Å². The lowest BCUT2D eigenvalue weighted by atomic mass is 10.1. The number of fused-ring (bicyclic) bond motifs is 1. The van der Waals surface area contributed by atoms with Crippen LogP contribution < -0.4 is 4.80 Å². The summed E-state index contributed by atoms with van der Waals surface area (Å²) in [5.41, 5.74) is 0.736. The van der Waals surface area contributed by atoms with Crippen LogP contribution in [-0.4, -0.2) is 35.8 Å². The third-order valence-electron chi connectivity index (χ3n) is 5.75. The average molecular weight is 476 g/mol. The molecule has 0 radical (unpaired) electrons. The van der Waals surface area contributed by atoms with E-state index in [2.05, 4.69) is 4.99 Å². The number of halogens is 1. The summed E-state index contributed by atoms with van der Waals surface area (Å²) in [6.45, 7) is 4.95. The quantitative estimate of drug-likeness (QED) is 0.543. The molecule has 1 aromatic heterocycles. The van der Waals surface area contributed by atoms with E-state index < -0.39 is 15.9 Å². The van der Waals surface area contributed by atoms with Crippen LogP contribution in [0, 0.1) is 5.82 Å². The molecule has 0 spiro atoms. The monoisotopic (exact) mass is 475 g/mol. The van der Waals surface area contributed by atoms with Crippen LogP contribution in [0.3, 0.4) is 0 Å². The molecule has 0 saturated carbocycles. The third kappa shape index (κ3) is 4.29. The van der Waals surface area contributed by atoms with Gasteiger partial charge in [-0.25, -0.2) is 12.8 Å². The molecule has 1 saturated heterocycles. The minimum atomic E-state index is -3.60. The number of carbonyl (C=O) groups excluding carboxylic acids is 1. The Morgan fingerprint density at radius 1 is 1.19 bits per heavy atom. The van der Waals surface area contributed by atoms with Gasteiger partial charge in [-0.1, -0.05) is 30.7 Å². The zero-order chi connectivity index (χ0) is 22.9. The molecule has 1 amide bonds. The number of thiazole rings is 1. The van der Waals surface area contributed by atoms with Crippen molar-refractivity contribution in [3.05, 3.63) is 58.6 Å². The Balaban J connectivity index is 1.66. The van der Waals surface area contributed by atoms with E-state index in [1.54, 1.807) is 16.7 Å². The summed E-state index contributed by atoms with van der Waals surface area (Å²) in [5.74, 6) is -0.834. The molecule has 1 unspecified atom stereocenters. The second-order valence-electron chi connectivity index (χ2n) is 8.02. The average Bonchev–Trinajstić information content (AvgIpc) is 3.12. The largest absolute Gasteiger partial charge is 0.314 e. The van der Waals surface area contributed by atoms with Gasteiger partial charge in [0, 0.05) is 24.7 Å². The van der Waals surface area contributed by atoms with Gasteiger partial charge in [0.25, 0.3) is 5.91 Å². The Kier molecular flexibility index (Phi) is 6.60. The summed E-state index contributed by atoms with van der Waals surface area (Å²) in [4.78, 5) is 17.7. The van der Waals surface area contributed by atoms with Gasteiger partial charge in [0.05, 0.1) is 15.1 Å². The molecular weight excluding hydrogens is 449 g/mol. The van der Waals surface area contributed by atoms with Crippen molar-refractivity contribution in [1.29, 1.82) is 0 Å². The van der Waals surface area contributed by atoms with Crippen molar-refractivity contribution < 1.29 is 17.6 Å². The molecule has 2 aromatic carbocycles. The highest BCUT2D eigenvalue weighted by Crippen LogP contribution is 2.25. The van der Waals surface area contributed by atoms with Gasteiger partial charge >= 0.3 is 0 Å². The first-order valence-corrected chi connectivity index (χ1v) is 13.1. The number of amides is 1. The Morgan fingerprint density at radius 2 is 1.94 bits per heavy atom. The number of benzene rings is 2. The number of rotatable bonds is 5. The molecular formula is C23H26FN3O3S2. The van der Waals surface area contributed by atoms with Crippen LogP contribution in [-0.2, 0) is 16.6 Å². The van der Waals surface area contributed by atoms with E-state index in [1.807, 2.05) is 13.8 Å². The fourth-order valence-electron chi connectivity index (χ4n) is 4.09. The van der Waals surface area contributed by atoms with Crippen LogP contribution in [0.25, 0.3) is 10.2 Å². The maximum Gasteiger partial charge on any atom is 0.279 e. The van der Waals surface area contributed by atoms with Crippen LogP contribution in [0.15, 0.2) is 52.4 Å². The smallest absolute Gasteiger partial charge is 0.279 e. The Morgan fingerprint density at radius 3 is 2.62 bits per heavy atom. The van der Waals surface area contributed by atoms with E-state index in [-0.39, 0.29) is 22.3 Å². The number of aromatic nitrogens is 1. The van der Waals surface area contributed by atoms with Gasteiger partial charge in [0.1, 0.15) is 5.82 Å². The second kappa shape index (κ2) is 9.25. The molecule has 9 heteroatoms. The summed E-state index contributed by atoms with van der Waals surface area (Å²) in [5, 5.41) is 0. The lowest BCUT2D eigenvalue weighted by Gasteiger charge is -2.32. The minimum absolute atomic E-state index is 0.0348. The van der Waals surface area contributed by atoms with Gasteiger partial charge in [-0.3, -0.25) is 4.79 Å². The fraction of sp³-hybridized carbons (Fsp3) is 0.391. The van der Waals surface area contributed by atoms with Gasteiger partial charge in [0.15, 0.2) is 4.80 Å². The van der Waals surface area contributed by atoms with E-state index in [4.69, 9.17) is 0 Å². The molecule has 3 aromatic rings. The predicted octanol–water partition coefficient (Wildman–Crippen LogP) is 4.56. The molecule has 170 valence electrons. The molecule has 1 atom stereocenters. The normalized spacial score (nSPS) is 18.3. The SMILES string of the molecule is CCCn1c(=NC(=O)c2ccc(S(=O)(=O)N3CCCCC3C)cc2)sc2cccc(F)c21. The van der Waals surface area contributed by atoms with Gasteiger partial charge in [0.2, 0.25) is 10.0 Å². The molecule has 1 aliphatic heterocycles. The Hall–Kier alpha value is -2.36. The summed E-state index contributed by atoms with van der Waals surface area (Å²) in [7, 11) is -3.60. The summed E-state index contributed by atoms with van der Waals surface area (Å²) < 4.78 is 44.4. The van der Waals surface area contributed by atoms with Crippen molar-refractivity contribution in [3.8, 4) is 0 Å². The van der Waals surface area contributed by atoms with Crippen LogP contribution >= 0.6 is 11.3 Å². The summed E-state index contributed by atoms with van der Waals surface area (Å²) in [6, 6.07) is 10.7. The number of carbonyl (C=O) groups is 1. The molecule has 0 bridgehead atoms. The Bertz CT molecular complexity index is 1310. The molecule has 2 heterocycles. The number of aryl methyl sites for hydroxylation is 1. The zero-order valence-electron chi connectivity index (χ0n) is 18.1. The number of nitrogens with zero attached hydrogens (tertiary/aromatic N) is 3. The van der Waals surface area contributed by atoms with Gasteiger partial charge in [-0.15, -0.1) is 0 Å². The van der Waals surface area contributed by atoms with Gasteiger partial charge in [-0.2, -0.15) is 9.30 Å². The molecule has 0 aliphatic carbocycles. The highest BCUT2D eigenvalue weighted by Gasteiger charge is 2.30. The summed E-state index contributed by atoms with van der Waals surface area (Å²) in [6.07, 6.45) is 3.50. The van der Waals surface area contributed by atoms with E-state index in [1.165, 1.54) is 46.0 Å². The number of sulfonamides is 1. The lowest BCUT2D eigenvalue weighted by Crippen LogP contribution is -2.41. The molecule has 1 fully saturated rings. The van der Waals surface area contributed by atoms with Crippen molar-refractivity contribution in [3.63, 3.8) is 0 Å². The number of hydrogen-bond acceptors (Lipinski definition) is 4. The topological polar surface area (TPSA) is 71.7 Å². The fourth-order valence-corrected chi connectivity index (χ4v) is 6.86. The van der Waals surface area contributed by atoms with Crippen LogP contribution in [0.2, 0.25) is 0 Å². The highest BCUT2D eigenvalue weighted by atomic mass is 32.2. The predicted molar refractivity (Wildman–Crippen MR) is 124 cm³/mol. The first-order chi connectivity index (χ1) is 15.3. The maximum absolute atomic E-state index is 14.4. The molecule has 1 aliphatic rings. The van der Waals surface area contributed by atoms with Gasteiger partial charge < -0.3 is 4.57 Å². The van der Waals surface area contributed by atoms with Crippen LogP contribution in [0.5, 0.6) is 0 Å². The number of para-hydroxylation sites is 1. The molecule has 6 nitrogen and oxygen atoms in total. The van der Waals surface area contributed by atoms with Crippen molar-refractivity contribution >= 4 is 37.5 Å². The van der Waals surface area contributed by atoms with E-state index in [0.717, 1.165) is 30.4 Å². The van der Waals surface area contributed by atoms with Crippen LogP contribution in [0.1, 0.15) is 49.9 Å². The standard InChI is InChI=1S/C23H26FN3O3S2/c1-3-14-26-21-19(24)8-6-9-20(21)31-23(26)25-22(28)17-10-12-18(13-11-17)32(29,30)27-15-5-4-7-16(27)2/h6,8-13,16H,3-5,7,14-15H2,1-2H3. The number of hydrogen-bond donors (Lipinski definition) is 0. The van der Waals surface area contributed by atoms with Gasteiger partial charge in [-0.05, 0) is 62.6 Å². The van der Waals surface area contributed by atoms with E-state index in [9.17, 15) is 17.6 Å². The van der Waals surface area contributed by atoms with Crippen LogP contribution in [0.4, 0.5) is 4.39 Å². The lowest BCUT2D eigenvalue weighted by molar-refractivity contribution is 0.0997. The third-order valence-corrected chi connectivity index (χ3v) is 8.82. The minimum Gasteiger partial charge on any atom is -0.314 e. The van der Waals surface area contributed by atoms with Crippen molar-refractivity contribution in [2.75, 3.05) is 6.54 Å². The zero-order valence-corrected chi connectivity index (χ0v) is 19.8. The Labute approximate surface area is 191 Å². The van der Waals surface area contributed by atoms with E-state index in [0.29, 0.717) is 23.4 Å². The highest BCUT2D eigenvalue weighted by molar-refractivity contribution is 7.89. The van der Waals surface area contributed by atoms with Crippen molar-refractivity contribution in [2.45, 2.75) is 57.0 Å². The van der Waals surface area contributed by atoms with Crippen molar-refractivity contribution in [1.82, 2.24) is 8.87 Å². The summed E-state index contributed by atoms with van der Waals surface area (Å²) >= 11 is 1.26. The molecule has 4 rings (SSSR count). The molecule has 32 heavy (non-hydrogen) atoms.